The van der Waals surface area contributed by atoms with Crippen molar-refractivity contribution in [3.63, 3.8) is 0 Å². The van der Waals surface area contributed by atoms with Crippen LogP contribution in [0, 0.1) is 6.92 Å². The molecule has 1 aliphatic rings. The minimum atomic E-state index is 0.261. The molecule has 3 heteroatoms. The van der Waals surface area contributed by atoms with Gasteiger partial charge in [0.1, 0.15) is 18.1 Å². The van der Waals surface area contributed by atoms with Gasteiger partial charge in [-0.3, -0.25) is 0 Å². The van der Waals surface area contributed by atoms with Crippen LogP contribution in [0.2, 0.25) is 0 Å². The fourth-order valence-corrected chi connectivity index (χ4v) is 3.57. The van der Waals surface area contributed by atoms with Crippen molar-refractivity contribution in [2.75, 3.05) is 6.61 Å². The number of hydrogen-bond donors (Lipinski definition) is 1. The van der Waals surface area contributed by atoms with Gasteiger partial charge in [-0.15, -0.1) is 11.8 Å². The largest absolute Gasteiger partial charge is 0.508 e. The van der Waals surface area contributed by atoms with E-state index in [0.29, 0.717) is 11.9 Å². The molecular weight excluding hydrogens is 256 g/mol. The highest BCUT2D eigenvalue weighted by Crippen LogP contribution is 2.37. The lowest BCUT2D eigenvalue weighted by molar-refractivity contribution is 0.315. The van der Waals surface area contributed by atoms with E-state index in [1.165, 1.54) is 10.5 Å². The summed E-state index contributed by atoms with van der Waals surface area (Å²) < 4.78 is 5.80. The first-order chi connectivity index (χ1) is 9.20. The lowest BCUT2D eigenvalue weighted by Gasteiger charge is -2.11. The summed E-state index contributed by atoms with van der Waals surface area (Å²) >= 11 is 1.88. The molecule has 1 aliphatic heterocycles. The van der Waals surface area contributed by atoms with E-state index in [-0.39, 0.29) is 5.75 Å². The molecule has 98 valence electrons. The Balaban J connectivity index is 1.62. The average Bonchev–Trinajstić information content (AvgIpc) is 2.78. The summed E-state index contributed by atoms with van der Waals surface area (Å²) in [4.78, 5) is 1.36. The van der Waals surface area contributed by atoms with Crippen LogP contribution >= 0.6 is 11.8 Å². The standard InChI is InChI=1S/C16H16O2S/c1-11-6-13(17)9-14(7-11)18-10-15-8-12-4-2-3-5-16(12)19-15/h2-7,9,15,17H,8,10H2,1H3. The topological polar surface area (TPSA) is 29.5 Å². The summed E-state index contributed by atoms with van der Waals surface area (Å²) in [5, 5.41) is 10.0. The van der Waals surface area contributed by atoms with Gasteiger partial charge in [0.2, 0.25) is 0 Å². The number of thioether (sulfide) groups is 1. The van der Waals surface area contributed by atoms with Crippen molar-refractivity contribution in [1.82, 2.24) is 0 Å². The van der Waals surface area contributed by atoms with Gasteiger partial charge in [-0.2, -0.15) is 0 Å². The zero-order chi connectivity index (χ0) is 13.2. The molecule has 0 amide bonds. The van der Waals surface area contributed by atoms with Crippen molar-refractivity contribution in [2.45, 2.75) is 23.5 Å². The van der Waals surface area contributed by atoms with Gasteiger partial charge in [-0.25, -0.2) is 0 Å². The Kier molecular flexibility index (Phi) is 3.38. The van der Waals surface area contributed by atoms with Crippen LogP contribution in [-0.4, -0.2) is 17.0 Å². The summed E-state index contributed by atoms with van der Waals surface area (Å²) in [7, 11) is 0. The van der Waals surface area contributed by atoms with Crippen LogP contribution in [-0.2, 0) is 6.42 Å². The highest BCUT2D eigenvalue weighted by atomic mass is 32.2. The third-order valence-corrected chi connectivity index (χ3v) is 4.47. The van der Waals surface area contributed by atoms with Crippen LogP contribution in [0.3, 0.4) is 0 Å². The van der Waals surface area contributed by atoms with Gasteiger partial charge in [0, 0.05) is 16.2 Å². The number of aromatic hydroxyl groups is 1. The molecule has 3 rings (SSSR count). The van der Waals surface area contributed by atoms with Crippen LogP contribution in [0.5, 0.6) is 11.5 Å². The van der Waals surface area contributed by atoms with E-state index in [9.17, 15) is 5.11 Å². The molecule has 1 heterocycles. The second-order valence-corrected chi connectivity index (χ2v) is 6.21. The number of hydrogen-bond acceptors (Lipinski definition) is 3. The molecule has 0 fully saturated rings. The maximum absolute atomic E-state index is 9.54. The molecule has 0 saturated heterocycles. The number of aryl methyl sites for hydroxylation is 1. The summed E-state index contributed by atoms with van der Waals surface area (Å²) in [5.41, 5.74) is 2.42. The smallest absolute Gasteiger partial charge is 0.123 e. The molecule has 0 saturated carbocycles. The van der Waals surface area contributed by atoms with Gasteiger partial charge < -0.3 is 9.84 Å². The Morgan fingerprint density at radius 2 is 2.11 bits per heavy atom. The van der Waals surface area contributed by atoms with E-state index in [1.54, 1.807) is 12.1 Å². The lowest BCUT2D eigenvalue weighted by atomic mass is 10.1. The van der Waals surface area contributed by atoms with Gasteiger partial charge in [-0.1, -0.05) is 18.2 Å². The van der Waals surface area contributed by atoms with Crippen LogP contribution < -0.4 is 4.74 Å². The van der Waals surface area contributed by atoms with Gasteiger partial charge in [-0.05, 0) is 42.7 Å². The molecule has 0 aliphatic carbocycles. The van der Waals surface area contributed by atoms with E-state index >= 15 is 0 Å². The summed E-state index contributed by atoms with van der Waals surface area (Å²) in [6, 6.07) is 13.9. The third kappa shape index (κ3) is 2.87. The second-order valence-electron chi connectivity index (χ2n) is 4.87. The predicted octanol–water partition coefficient (Wildman–Crippen LogP) is 3.80. The Hall–Kier alpha value is -1.61. The zero-order valence-corrected chi connectivity index (χ0v) is 11.6. The van der Waals surface area contributed by atoms with Gasteiger partial charge in [0.15, 0.2) is 0 Å². The van der Waals surface area contributed by atoms with Gasteiger partial charge in [0.05, 0.1) is 0 Å². The molecule has 1 N–H and O–H groups in total. The van der Waals surface area contributed by atoms with Crippen molar-refractivity contribution >= 4 is 11.8 Å². The van der Waals surface area contributed by atoms with Crippen LogP contribution in [0.15, 0.2) is 47.4 Å². The first-order valence-corrected chi connectivity index (χ1v) is 7.27. The number of benzene rings is 2. The quantitative estimate of drug-likeness (QED) is 0.921. The Labute approximate surface area is 117 Å². The molecule has 0 bridgehead atoms. The summed E-state index contributed by atoms with van der Waals surface area (Å²) in [6.07, 6.45) is 1.05. The lowest BCUT2D eigenvalue weighted by Crippen LogP contribution is -2.13. The van der Waals surface area contributed by atoms with Crippen molar-refractivity contribution in [3.8, 4) is 11.5 Å². The minimum absolute atomic E-state index is 0.261. The van der Waals surface area contributed by atoms with E-state index in [1.807, 2.05) is 24.8 Å². The first-order valence-electron chi connectivity index (χ1n) is 6.39. The number of fused-ring (bicyclic) bond motifs is 1. The maximum Gasteiger partial charge on any atom is 0.123 e. The molecule has 2 nitrogen and oxygen atoms in total. The van der Waals surface area contributed by atoms with Gasteiger partial charge in [0.25, 0.3) is 0 Å². The van der Waals surface area contributed by atoms with Crippen molar-refractivity contribution in [2.24, 2.45) is 0 Å². The highest BCUT2D eigenvalue weighted by Gasteiger charge is 2.22. The monoisotopic (exact) mass is 272 g/mol. The molecule has 1 unspecified atom stereocenters. The van der Waals surface area contributed by atoms with E-state index in [0.717, 1.165) is 17.7 Å². The van der Waals surface area contributed by atoms with Gasteiger partial charge >= 0.3 is 0 Å². The molecule has 0 aromatic heterocycles. The molecular formula is C16H16O2S. The summed E-state index contributed by atoms with van der Waals surface area (Å²) in [5.74, 6) is 1.01. The van der Waals surface area contributed by atoms with Crippen molar-refractivity contribution in [3.05, 3.63) is 53.6 Å². The summed E-state index contributed by atoms with van der Waals surface area (Å²) in [6.45, 7) is 2.62. The molecule has 2 aromatic carbocycles. The maximum atomic E-state index is 9.54. The first kappa shape index (κ1) is 12.4. The van der Waals surface area contributed by atoms with E-state index in [4.69, 9.17) is 4.74 Å². The molecule has 0 spiro atoms. The Morgan fingerprint density at radius 1 is 1.26 bits per heavy atom. The Morgan fingerprint density at radius 3 is 2.89 bits per heavy atom. The fraction of sp³-hybridized carbons (Fsp3) is 0.250. The zero-order valence-electron chi connectivity index (χ0n) is 10.8. The number of phenolic OH excluding ortho intramolecular Hbond substituents is 1. The molecule has 0 radical (unpaired) electrons. The normalized spacial score (nSPS) is 17.2. The van der Waals surface area contributed by atoms with Crippen LogP contribution in [0.1, 0.15) is 11.1 Å². The minimum Gasteiger partial charge on any atom is -0.508 e. The number of phenols is 1. The molecule has 1 atom stereocenters. The predicted molar refractivity (Wildman–Crippen MR) is 78.1 cm³/mol. The van der Waals surface area contributed by atoms with Crippen LogP contribution in [0.4, 0.5) is 0 Å². The molecule has 2 aromatic rings. The third-order valence-electron chi connectivity index (χ3n) is 3.19. The number of rotatable bonds is 3. The molecule has 19 heavy (non-hydrogen) atoms. The van der Waals surface area contributed by atoms with Crippen molar-refractivity contribution in [1.29, 1.82) is 0 Å². The van der Waals surface area contributed by atoms with Crippen LogP contribution in [0.25, 0.3) is 0 Å². The number of ether oxygens (including phenoxy) is 1. The second kappa shape index (κ2) is 5.17. The van der Waals surface area contributed by atoms with Crippen molar-refractivity contribution < 1.29 is 9.84 Å². The average molecular weight is 272 g/mol. The van der Waals surface area contributed by atoms with E-state index in [2.05, 4.69) is 24.3 Å². The van der Waals surface area contributed by atoms with E-state index < -0.39 is 0 Å². The SMILES string of the molecule is Cc1cc(O)cc(OCC2Cc3ccccc3S2)c1. The highest BCUT2D eigenvalue weighted by molar-refractivity contribution is 8.00. The Bertz CT molecular complexity index is 550. The fourth-order valence-electron chi connectivity index (χ4n) is 2.35.